The second-order valence-electron chi connectivity index (χ2n) is 5.15. The van der Waals surface area contributed by atoms with Crippen molar-refractivity contribution in [3.63, 3.8) is 0 Å². The van der Waals surface area contributed by atoms with Crippen molar-refractivity contribution >= 4 is 29.4 Å². The van der Waals surface area contributed by atoms with Crippen molar-refractivity contribution in [1.82, 2.24) is 0 Å². The summed E-state index contributed by atoms with van der Waals surface area (Å²) in [7, 11) is 0. The zero-order chi connectivity index (χ0) is 16.6. The number of carbonyl (C=O) groups excluding carboxylic acids is 2. The Morgan fingerprint density at radius 1 is 1.26 bits per heavy atom. The second kappa shape index (κ2) is 5.57. The highest BCUT2D eigenvalue weighted by molar-refractivity contribution is 6.32. The Labute approximate surface area is 132 Å². The summed E-state index contributed by atoms with van der Waals surface area (Å²) in [5.41, 5.74) is 1.29. The quantitative estimate of drug-likeness (QED) is 0.808. The van der Waals surface area contributed by atoms with Crippen LogP contribution in [0.25, 0.3) is 6.08 Å². The van der Waals surface area contributed by atoms with Gasteiger partial charge in [0.2, 0.25) is 0 Å². The van der Waals surface area contributed by atoms with Crippen molar-refractivity contribution in [1.29, 1.82) is 0 Å². The van der Waals surface area contributed by atoms with Gasteiger partial charge in [-0.1, -0.05) is 12.1 Å². The molecule has 3 rings (SSSR count). The molecule has 0 aliphatic carbocycles. The Kier molecular flexibility index (Phi) is 3.57. The van der Waals surface area contributed by atoms with Crippen molar-refractivity contribution in [2.75, 3.05) is 5.01 Å². The summed E-state index contributed by atoms with van der Waals surface area (Å²) < 4.78 is 5.45. The predicted octanol–water partition coefficient (Wildman–Crippen LogP) is 1.76. The summed E-state index contributed by atoms with van der Waals surface area (Å²) in [5, 5.41) is 16.3. The fourth-order valence-electron chi connectivity index (χ4n) is 2.30. The minimum atomic E-state index is -1.30. The molecule has 2 aromatic rings. The molecule has 0 bridgehead atoms. The van der Waals surface area contributed by atoms with Crippen LogP contribution in [0.1, 0.15) is 28.8 Å². The van der Waals surface area contributed by atoms with E-state index in [4.69, 9.17) is 4.42 Å². The van der Waals surface area contributed by atoms with Crippen molar-refractivity contribution in [3.8, 4) is 0 Å². The van der Waals surface area contributed by atoms with E-state index in [1.165, 1.54) is 23.2 Å². The Balaban J connectivity index is 1.95. The SMILES string of the molecule is CC1=NN(c2cccc(C(=O)[O-])c2)C(=O)/C1=C/c1ccc(C)o1. The zero-order valence-corrected chi connectivity index (χ0v) is 12.6. The minimum absolute atomic E-state index is 0.0118. The van der Waals surface area contributed by atoms with E-state index in [1.54, 1.807) is 31.2 Å². The number of rotatable bonds is 3. The van der Waals surface area contributed by atoms with Crippen molar-refractivity contribution in [2.24, 2.45) is 5.10 Å². The van der Waals surface area contributed by atoms with E-state index in [2.05, 4.69) is 5.10 Å². The van der Waals surface area contributed by atoms with Crippen LogP contribution in [0.5, 0.6) is 0 Å². The molecule has 1 aromatic heterocycles. The number of amides is 1. The lowest BCUT2D eigenvalue weighted by Crippen LogP contribution is -2.24. The number of hydrogen-bond acceptors (Lipinski definition) is 5. The molecule has 0 spiro atoms. The molecule has 0 unspecified atom stereocenters. The summed E-state index contributed by atoms with van der Waals surface area (Å²) in [6.45, 7) is 3.53. The third-order valence-corrected chi connectivity index (χ3v) is 3.44. The maximum absolute atomic E-state index is 12.5. The molecule has 1 aromatic carbocycles. The van der Waals surface area contributed by atoms with Crippen LogP contribution in [0.4, 0.5) is 5.69 Å². The molecule has 2 heterocycles. The lowest BCUT2D eigenvalue weighted by molar-refractivity contribution is -0.255. The fourth-order valence-corrected chi connectivity index (χ4v) is 2.30. The van der Waals surface area contributed by atoms with Gasteiger partial charge in [0.05, 0.1) is 22.9 Å². The number of anilines is 1. The standard InChI is InChI=1S/C17H14N2O4/c1-10-6-7-14(23-10)9-15-11(2)18-19(16(15)20)13-5-3-4-12(8-13)17(21)22/h3-9H,1-2H3,(H,21,22)/p-1/b15-9+. The van der Waals surface area contributed by atoms with Gasteiger partial charge in [-0.25, -0.2) is 0 Å². The van der Waals surface area contributed by atoms with Gasteiger partial charge in [-0.3, -0.25) is 4.79 Å². The third kappa shape index (κ3) is 2.78. The maximum atomic E-state index is 12.5. The number of carbonyl (C=O) groups is 2. The molecule has 6 heteroatoms. The molecule has 0 N–H and O–H groups in total. The van der Waals surface area contributed by atoms with Crippen LogP contribution < -0.4 is 10.1 Å². The van der Waals surface area contributed by atoms with Gasteiger partial charge in [0, 0.05) is 0 Å². The third-order valence-electron chi connectivity index (χ3n) is 3.44. The van der Waals surface area contributed by atoms with E-state index in [9.17, 15) is 14.7 Å². The number of nitrogens with zero attached hydrogens (tertiary/aromatic N) is 2. The topological polar surface area (TPSA) is 85.9 Å². The Bertz CT molecular complexity index is 861. The van der Waals surface area contributed by atoms with E-state index in [-0.39, 0.29) is 11.5 Å². The molecular weight excluding hydrogens is 296 g/mol. The molecular formula is C17H13N2O4-. The van der Waals surface area contributed by atoms with Gasteiger partial charge in [0.15, 0.2) is 0 Å². The smallest absolute Gasteiger partial charge is 0.280 e. The number of carboxylic acid groups (broad SMARTS) is 1. The summed E-state index contributed by atoms with van der Waals surface area (Å²) in [6, 6.07) is 9.47. The molecule has 0 radical (unpaired) electrons. The molecule has 0 atom stereocenters. The summed E-state index contributed by atoms with van der Waals surface area (Å²) in [4.78, 5) is 23.5. The van der Waals surface area contributed by atoms with Gasteiger partial charge in [0.25, 0.3) is 5.91 Å². The van der Waals surface area contributed by atoms with Crippen LogP contribution >= 0.6 is 0 Å². The average Bonchev–Trinajstić information content (AvgIpc) is 3.05. The van der Waals surface area contributed by atoms with Crippen LogP contribution in [-0.4, -0.2) is 17.6 Å². The van der Waals surface area contributed by atoms with E-state index in [0.29, 0.717) is 22.7 Å². The number of hydrazone groups is 1. The summed E-state index contributed by atoms with van der Waals surface area (Å²) in [5.74, 6) is -0.339. The van der Waals surface area contributed by atoms with Crippen molar-refractivity contribution < 1.29 is 19.1 Å². The monoisotopic (exact) mass is 309 g/mol. The number of hydrogen-bond donors (Lipinski definition) is 0. The van der Waals surface area contributed by atoms with E-state index in [0.717, 1.165) is 5.76 Å². The first-order valence-corrected chi connectivity index (χ1v) is 6.95. The zero-order valence-electron chi connectivity index (χ0n) is 12.6. The number of furan rings is 1. The molecule has 23 heavy (non-hydrogen) atoms. The first-order chi connectivity index (χ1) is 11.0. The van der Waals surface area contributed by atoms with Gasteiger partial charge in [-0.15, -0.1) is 0 Å². The molecule has 116 valence electrons. The van der Waals surface area contributed by atoms with E-state index < -0.39 is 5.97 Å². The second-order valence-corrected chi connectivity index (χ2v) is 5.15. The number of benzene rings is 1. The Hall–Kier alpha value is -3.15. The molecule has 0 saturated carbocycles. The number of aromatic carboxylic acids is 1. The lowest BCUT2D eigenvalue weighted by atomic mass is 10.1. The maximum Gasteiger partial charge on any atom is 0.280 e. The highest BCUT2D eigenvalue weighted by Crippen LogP contribution is 2.26. The van der Waals surface area contributed by atoms with Gasteiger partial charge >= 0.3 is 0 Å². The fraction of sp³-hybridized carbons (Fsp3) is 0.118. The molecule has 6 nitrogen and oxygen atoms in total. The molecule has 0 fully saturated rings. The van der Waals surface area contributed by atoms with Crippen LogP contribution in [0.2, 0.25) is 0 Å². The average molecular weight is 309 g/mol. The van der Waals surface area contributed by atoms with Crippen LogP contribution in [0.15, 0.2) is 51.5 Å². The first kappa shape index (κ1) is 14.8. The molecule has 1 aliphatic rings. The van der Waals surface area contributed by atoms with Crippen LogP contribution in [-0.2, 0) is 4.79 Å². The largest absolute Gasteiger partial charge is 0.545 e. The summed E-state index contributed by atoms with van der Waals surface area (Å²) >= 11 is 0. The van der Waals surface area contributed by atoms with Gasteiger partial charge in [0.1, 0.15) is 11.5 Å². The molecule has 1 amide bonds. The number of aryl methyl sites for hydroxylation is 1. The molecule has 1 aliphatic heterocycles. The van der Waals surface area contributed by atoms with Gasteiger partial charge in [-0.2, -0.15) is 10.1 Å². The lowest BCUT2D eigenvalue weighted by Gasteiger charge is -2.13. The van der Waals surface area contributed by atoms with Crippen LogP contribution in [0.3, 0.4) is 0 Å². The van der Waals surface area contributed by atoms with Crippen LogP contribution in [0, 0.1) is 6.92 Å². The predicted molar refractivity (Wildman–Crippen MR) is 82.8 cm³/mol. The van der Waals surface area contributed by atoms with Crippen molar-refractivity contribution in [2.45, 2.75) is 13.8 Å². The Morgan fingerprint density at radius 3 is 2.70 bits per heavy atom. The van der Waals surface area contributed by atoms with E-state index >= 15 is 0 Å². The van der Waals surface area contributed by atoms with Gasteiger partial charge in [-0.05, 0) is 49.8 Å². The summed E-state index contributed by atoms with van der Waals surface area (Å²) in [6.07, 6.45) is 1.62. The minimum Gasteiger partial charge on any atom is -0.545 e. The van der Waals surface area contributed by atoms with E-state index in [1.807, 2.05) is 6.92 Å². The Morgan fingerprint density at radius 2 is 2.04 bits per heavy atom. The van der Waals surface area contributed by atoms with Gasteiger partial charge < -0.3 is 14.3 Å². The number of carboxylic acids is 1. The highest BCUT2D eigenvalue weighted by Gasteiger charge is 2.29. The van der Waals surface area contributed by atoms with Crippen molar-refractivity contribution in [3.05, 3.63) is 59.1 Å². The normalized spacial score (nSPS) is 16.1. The highest BCUT2D eigenvalue weighted by atomic mass is 16.4. The first-order valence-electron chi connectivity index (χ1n) is 6.95. The molecule has 0 saturated heterocycles.